The second-order valence-electron chi connectivity index (χ2n) is 6.31. The number of carbonyl (C=O) groups is 1. The lowest BCUT2D eigenvalue weighted by atomic mass is 10.1. The van der Waals surface area contributed by atoms with Gasteiger partial charge in [-0.1, -0.05) is 6.07 Å². The van der Waals surface area contributed by atoms with Crippen LogP contribution in [-0.2, 0) is 0 Å². The molecule has 1 fully saturated rings. The molecular weight excluding hydrogens is 320 g/mol. The Hall–Kier alpha value is -1.92. The van der Waals surface area contributed by atoms with Gasteiger partial charge in [0.1, 0.15) is 0 Å². The fourth-order valence-corrected chi connectivity index (χ4v) is 4.17. The van der Waals surface area contributed by atoms with Crippen molar-refractivity contribution in [1.29, 1.82) is 0 Å². The van der Waals surface area contributed by atoms with Crippen LogP contribution >= 0.6 is 11.3 Å². The van der Waals surface area contributed by atoms with Crippen LogP contribution in [0.4, 0.5) is 4.79 Å². The number of aromatic nitrogens is 1. The Bertz CT molecular complexity index is 644. The topological polar surface area (TPSA) is 48.5 Å². The van der Waals surface area contributed by atoms with E-state index < -0.39 is 0 Å². The van der Waals surface area contributed by atoms with Crippen molar-refractivity contribution in [2.24, 2.45) is 0 Å². The zero-order valence-electron chi connectivity index (χ0n) is 14.2. The van der Waals surface area contributed by atoms with Gasteiger partial charge in [-0.05, 0) is 56.1 Å². The number of likely N-dealkylation sites (tertiary alicyclic amines) is 1. The lowest BCUT2D eigenvalue weighted by Crippen LogP contribution is -2.42. The average molecular weight is 344 g/mol. The van der Waals surface area contributed by atoms with E-state index in [0.717, 1.165) is 19.4 Å². The Morgan fingerprint density at radius 2 is 2.21 bits per heavy atom. The van der Waals surface area contributed by atoms with Gasteiger partial charge < -0.3 is 15.1 Å². The number of nitrogens with one attached hydrogen (secondary N) is 1. The smallest absolute Gasteiger partial charge is 0.317 e. The molecule has 0 saturated carbocycles. The summed E-state index contributed by atoms with van der Waals surface area (Å²) in [4.78, 5) is 22.2. The van der Waals surface area contributed by atoms with Crippen molar-refractivity contribution < 1.29 is 4.79 Å². The molecule has 2 aromatic rings. The van der Waals surface area contributed by atoms with Crippen LogP contribution in [0.25, 0.3) is 0 Å². The standard InChI is InChI=1S/C18H24N4OS/c1-21(2)16(17-6-4-12-24-17)13-20-18(23)22-11-3-5-15(22)14-7-9-19-10-8-14/h4,6-10,12,15-16H,3,5,11,13H2,1-2H3,(H,20,23)/t15-,16-/m1/s1. The van der Waals surface area contributed by atoms with Gasteiger partial charge in [0.2, 0.25) is 0 Å². The Labute approximate surface area is 147 Å². The second kappa shape index (κ2) is 7.77. The Kier molecular flexibility index (Phi) is 5.48. The SMILES string of the molecule is CN(C)[C@H](CNC(=O)N1CCC[C@@H]1c1ccncc1)c1cccs1. The van der Waals surface area contributed by atoms with Gasteiger partial charge in [0.05, 0.1) is 12.1 Å². The van der Waals surface area contributed by atoms with E-state index >= 15 is 0 Å². The minimum Gasteiger partial charge on any atom is -0.336 e. The van der Waals surface area contributed by atoms with Crippen LogP contribution < -0.4 is 5.32 Å². The molecule has 1 saturated heterocycles. The maximum Gasteiger partial charge on any atom is 0.317 e. The molecule has 24 heavy (non-hydrogen) atoms. The summed E-state index contributed by atoms with van der Waals surface area (Å²) in [5.74, 6) is 0. The van der Waals surface area contributed by atoms with Crippen molar-refractivity contribution in [2.75, 3.05) is 27.2 Å². The van der Waals surface area contributed by atoms with E-state index in [2.05, 4.69) is 32.7 Å². The van der Waals surface area contributed by atoms with Gasteiger partial charge in [-0.15, -0.1) is 11.3 Å². The highest BCUT2D eigenvalue weighted by Crippen LogP contribution is 2.31. The van der Waals surface area contributed by atoms with Gasteiger partial charge in [0.25, 0.3) is 0 Å². The maximum atomic E-state index is 12.7. The van der Waals surface area contributed by atoms with Crippen LogP contribution in [-0.4, -0.2) is 48.0 Å². The summed E-state index contributed by atoms with van der Waals surface area (Å²) in [6, 6.07) is 8.57. The minimum absolute atomic E-state index is 0.0257. The number of likely N-dealkylation sites (N-methyl/N-ethyl adjacent to an activating group) is 1. The Morgan fingerprint density at radius 1 is 1.42 bits per heavy atom. The number of hydrogen-bond acceptors (Lipinski definition) is 4. The first kappa shape index (κ1) is 16.9. The van der Waals surface area contributed by atoms with Crippen molar-refractivity contribution in [3.63, 3.8) is 0 Å². The fourth-order valence-electron chi connectivity index (χ4n) is 3.25. The molecule has 128 valence electrons. The van der Waals surface area contributed by atoms with Crippen LogP contribution in [0.5, 0.6) is 0 Å². The van der Waals surface area contributed by atoms with Gasteiger partial charge in [0.15, 0.2) is 0 Å². The lowest BCUT2D eigenvalue weighted by Gasteiger charge is -2.28. The maximum absolute atomic E-state index is 12.7. The van der Waals surface area contributed by atoms with E-state index in [-0.39, 0.29) is 18.1 Å². The van der Waals surface area contributed by atoms with Gasteiger partial charge >= 0.3 is 6.03 Å². The van der Waals surface area contributed by atoms with Crippen LogP contribution in [0.15, 0.2) is 42.0 Å². The molecule has 0 aliphatic carbocycles. The Morgan fingerprint density at radius 3 is 2.88 bits per heavy atom. The first-order valence-corrected chi connectivity index (χ1v) is 9.19. The van der Waals surface area contributed by atoms with Crippen LogP contribution in [0.1, 0.15) is 35.4 Å². The molecule has 2 amide bonds. The largest absolute Gasteiger partial charge is 0.336 e. The third-order valence-corrected chi connectivity index (χ3v) is 5.52. The monoisotopic (exact) mass is 344 g/mol. The number of pyridine rings is 1. The molecule has 0 spiro atoms. The van der Waals surface area contributed by atoms with Crippen LogP contribution in [0.2, 0.25) is 0 Å². The third kappa shape index (κ3) is 3.76. The molecule has 1 N–H and O–H groups in total. The van der Waals surface area contributed by atoms with Gasteiger partial charge in [0, 0.05) is 30.4 Å². The molecule has 1 aliphatic rings. The molecule has 2 aromatic heterocycles. The number of urea groups is 1. The molecule has 3 heterocycles. The number of hydrogen-bond donors (Lipinski definition) is 1. The molecule has 3 rings (SSSR count). The summed E-state index contributed by atoms with van der Waals surface area (Å²) in [6.07, 6.45) is 5.65. The van der Waals surface area contributed by atoms with E-state index in [1.54, 1.807) is 23.7 Å². The van der Waals surface area contributed by atoms with Crippen molar-refractivity contribution in [1.82, 2.24) is 20.1 Å². The highest BCUT2D eigenvalue weighted by Gasteiger charge is 2.30. The zero-order chi connectivity index (χ0) is 16.9. The van der Waals surface area contributed by atoms with Crippen molar-refractivity contribution in [3.8, 4) is 0 Å². The average Bonchev–Trinajstić information content (AvgIpc) is 3.27. The van der Waals surface area contributed by atoms with Gasteiger partial charge in [-0.3, -0.25) is 4.98 Å². The van der Waals surface area contributed by atoms with E-state index in [0.29, 0.717) is 6.54 Å². The summed E-state index contributed by atoms with van der Waals surface area (Å²) in [6.45, 7) is 1.43. The zero-order valence-corrected chi connectivity index (χ0v) is 15.0. The number of amides is 2. The van der Waals surface area contributed by atoms with Crippen LogP contribution in [0, 0.1) is 0 Å². The molecular formula is C18H24N4OS. The second-order valence-corrected chi connectivity index (χ2v) is 7.29. The van der Waals surface area contributed by atoms with E-state index in [1.165, 1.54) is 10.4 Å². The lowest BCUT2D eigenvalue weighted by molar-refractivity contribution is 0.188. The molecule has 0 unspecified atom stereocenters. The van der Waals surface area contributed by atoms with Gasteiger partial charge in [-0.25, -0.2) is 4.79 Å². The van der Waals surface area contributed by atoms with Crippen molar-refractivity contribution in [3.05, 3.63) is 52.5 Å². The summed E-state index contributed by atoms with van der Waals surface area (Å²) in [7, 11) is 4.10. The number of rotatable bonds is 5. The number of carbonyl (C=O) groups excluding carboxylic acids is 1. The third-order valence-electron chi connectivity index (χ3n) is 4.55. The van der Waals surface area contributed by atoms with E-state index in [1.807, 2.05) is 31.1 Å². The first-order valence-electron chi connectivity index (χ1n) is 8.31. The van der Waals surface area contributed by atoms with Gasteiger partial charge in [-0.2, -0.15) is 0 Å². The molecule has 0 radical (unpaired) electrons. The first-order chi connectivity index (χ1) is 11.7. The molecule has 1 aliphatic heterocycles. The van der Waals surface area contributed by atoms with Crippen LogP contribution in [0.3, 0.4) is 0 Å². The molecule has 0 aromatic carbocycles. The van der Waals surface area contributed by atoms with Crippen molar-refractivity contribution >= 4 is 17.4 Å². The fraction of sp³-hybridized carbons (Fsp3) is 0.444. The highest BCUT2D eigenvalue weighted by molar-refractivity contribution is 7.10. The quantitative estimate of drug-likeness (QED) is 0.905. The molecule has 5 nitrogen and oxygen atoms in total. The predicted octanol–water partition coefficient (Wildman–Crippen LogP) is 3.29. The number of nitrogens with zero attached hydrogens (tertiary/aromatic N) is 3. The summed E-state index contributed by atoms with van der Waals surface area (Å²) < 4.78 is 0. The summed E-state index contributed by atoms with van der Waals surface area (Å²) in [5, 5.41) is 5.21. The molecule has 0 bridgehead atoms. The number of thiophene rings is 1. The normalized spacial score (nSPS) is 18.8. The molecule has 6 heteroatoms. The summed E-state index contributed by atoms with van der Waals surface area (Å²) in [5.41, 5.74) is 1.17. The minimum atomic E-state index is 0.0257. The molecule has 2 atom stereocenters. The van der Waals surface area contributed by atoms with Crippen molar-refractivity contribution in [2.45, 2.75) is 24.9 Å². The van der Waals surface area contributed by atoms with E-state index in [4.69, 9.17) is 0 Å². The highest BCUT2D eigenvalue weighted by atomic mass is 32.1. The summed E-state index contributed by atoms with van der Waals surface area (Å²) >= 11 is 1.73. The predicted molar refractivity (Wildman–Crippen MR) is 97.1 cm³/mol. The Balaban J connectivity index is 1.64. The van der Waals surface area contributed by atoms with E-state index in [9.17, 15) is 4.79 Å².